The maximum atomic E-state index is 12.4. The van der Waals surface area contributed by atoms with E-state index in [0.29, 0.717) is 11.5 Å². The van der Waals surface area contributed by atoms with E-state index in [9.17, 15) is 4.79 Å². The minimum absolute atomic E-state index is 0.01000. The Bertz CT molecular complexity index is 676. The molecule has 0 N–H and O–H groups in total. The summed E-state index contributed by atoms with van der Waals surface area (Å²) in [5.41, 5.74) is 1.91. The van der Waals surface area contributed by atoms with E-state index in [1.165, 1.54) is 11.8 Å². The summed E-state index contributed by atoms with van der Waals surface area (Å²) in [5.74, 6) is 3.80. The summed E-state index contributed by atoms with van der Waals surface area (Å²) >= 11 is 3.40. The van der Waals surface area contributed by atoms with Gasteiger partial charge in [0.25, 0.3) is 5.91 Å². The van der Waals surface area contributed by atoms with Gasteiger partial charge in [-0.25, -0.2) is 9.97 Å². The normalized spacial score (nSPS) is 15.0. The fraction of sp³-hybridized carbons (Fsp3) is 0.438. The Kier molecular flexibility index (Phi) is 5.27. The number of nitrogens with zero attached hydrogens (tertiary/aromatic N) is 3. The number of aryl methyl sites for hydroxylation is 2. The van der Waals surface area contributed by atoms with E-state index in [-0.39, 0.29) is 5.91 Å². The second-order valence-electron chi connectivity index (χ2n) is 5.39. The zero-order valence-corrected chi connectivity index (χ0v) is 14.9. The fourth-order valence-electron chi connectivity index (χ4n) is 2.39. The molecule has 0 aromatic carbocycles. The minimum atomic E-state index is -0.01000. The Morgan fingerprint density at radius 3 is 2.65 bits per heavy atom. The second kappa shape index (κ2) is 7.40. The van der Waals surface area contributed by atoms with Crippen molar-refractivity contribution in [3.8, 4) is 0 Å². The maximum Gasteiger partial charge on any atom is 0.289 e. The van der Waals surface area contributed by atoms with E-state index in [1.54, 1.807) is 6.07 Å². The van der Waals surface area contributed by atoms with Gasteiger partial charge in [0.15, 0.2) is 10.9 Å². The van der Waals surface area contributed by atoms with Gasteiger partial charge in [0.2, 0.25) is 0 Å². The molecule has 1 saturated heterocycles. The van der Waals surface area contributed by atoms with Crippen molar-refractivity contribution in [1.82, 2.24) is 14.9 Å². The summed E-state index contributed by atoms with van der Waals surface area (Å²) in [6.45, 7) is 5.51. The summed E-state index contributed by atoms with van der Waals surface area (Å²) in [7, 11) is 0. The molecule has 23 heavy (non-hydrogen) atoms. The van der Waals surface area contributed by atoms with Crippen LogP contribution in [0.3, 0.4) is 0 Å². The standard InChI is InChI=1S/C16H19N3O2S2/c1-11-9-12(2)18-16(17-11)23-10-13-3-4-14(21-13)15(20)19-5-7-22-8-6-19/h3-4,9H,5-8,10H2,1-2H3. The molecule has 5 nitrogen and oxygen atoms in total. The van der Waals surface area contributed by atoms with Crippen molar-refractivity contribution in [2.24, 2.45) is 0 Å². The van der Waals surface area contributed by atoms with Crippen LogP contribution in [0.25, 0.3) is 0 Å². The topological polar surface area (TPSA) is 59.2 Å². The van der Waals surface area contributed by atoms with Crippen LogP contribution >= 0.6 is 23.5 Å². The third kappa shape index (κ3) is 4.29. The first-order valence-electron chi connectivity index (χ1n) is 7.52. The van der Waals surface area contributed by atoms with Crippen LogP contribution in [0, 0.1) is 13.8 Å². The average molecular weight is 349 g/mol. The Morgan fingerprint density at radius 2 is 1.96 bits per heavy atom. The number of rotatable bonds is 4. The molecular formula is C16H19N3O2S2. The van der Waals surface area contributed by atoms with Gasteiger partial charge in [-0.05, 0) is 32.0 Å². The van der Waals surface area contributed by atoms with Crippen molar-refractivity contribution in [2.75, 3.05) is 24.6 Å². The van der Waals surface area contributed by atoms with Crippen LogP contribution in [0.4, 0.5) is 0 Å². The van der Waals surface area contributed by atoms with Gasteiger partial charge in [-0.3, -0.25) is 4.79 Å². The van der Waals surface area contributed by atoms with E-state index in [0.717, 1.165) is 46.9 Å². The fourth-order valence-corrected chi connectivity index (χ4v) is 4.13. The highest BCUT2D eigenvalue weighted by Gasteiger charge is 2.21. The summed E-state index contributed by atoms with van der Waals surface area (Å²) in [5, 5.41) is 0.736. The highest BCUT2D eigenvalue weighted by Crippen LogP contribution is 2.22. The average Bonchev–Trinajstić information content (AvgIpc) is 3.01. The van der Waals surface area contributed by atoms with Crippen LogP contribution in [0.2, 0.25) is 0 Å². The van der Waals surface area contributed by atoms with Crippen LogP contribution < -0.4 is 0 Å². The van der Waals surface area contributed by atoms with Crippen LogP contribution in [0.5, 0.6) is 0 Å². The number of carbonyl (C=O) groups excluding carboxylic acids is 1. The molecule has 122 valence electrons. The number of aromatic nitrogens is 2. The molecule has 0 radical (unpaired) electrons. The van der Waals surface area contributed by atoms with Gasteiger partial charge >= 0.3 is 0 Å². The smallest absolute Gasteiger partial charge is 0.289 e. The van der Waals surface area contributed by atoms with Gasteiger partial charge < -0.3 is 9.32 Å². The Labute approximate surface area is 144 Å². The van der Waals surface area contributed by atoms with E-state index in [2.05, 4.69) is 9.97 Å². The second-order valence-corrected chi connectivity index (χ2v) is 7.56. The molecule has 1 amide bonds. The predicted octanol–water partition coefficient (Wildman–Crippen LogP) is 3.17. The highest BCUT2D eigenvalue weighted by atomic mass is 32.2. The molecule has 3 rings (SSSR count). The van der Waals surface area contributed by atoms with E-state index in [4.69, 9.17) is 4.42 Å². The van der Waals surface area contributed by atoms with Crippen LogP contribution in [-0.4, -0.2) is 45.4 Å². The lowest BCUT2D eigenvalue weighted by Crippen LogP contribution is -2.37. The Morgan fingerprint density at radius 1 is 1.26 bits per heavy atom. The van der Waals surface area contributed by atoms with Gasteiger partial charge in [0.1, 0.15) is 5.76 Å². The van der Waals surface area contributed by atoms with Crippen molar-refractivity contribution < 1.29 is 9.21 Å². The SMILES string of the molecule is Cc1cc(C)nc(SCc2ccc(C(=O)N3CCSCC3)o2)n1. The largest absolute Gasteiger partial charge is 0.455 e. The zero-order chi connectivity index (χ0) is 16.2. The summed E-state index contributed by atoms with van der Waals surface area (Å²) < 4.78 is 5.71. The Hall–Kier alpha value is -1.47. The van der Waals surface area contributed by atoms with Gasteiger partial charge in [-0.2, -0.15) is 11.8 Å². The van der Waals surface area contributed by atoms with E-state index in [1.807, 2.05) is 42.6 Å². The molecule has 2 aromatic heterocycles. The van der Waals surface area contributed by atoms with Crippen molar-refractivity contribution in [1.29, 1.82) is 0 Å². The van der Waals surface area contributed by atoms with Gasteiger partial charge in [0, 0.05) is 36.0 Å². The van der Waals surface area contributed by atoms with Crippen LogP contribution in [-0.2, 0) is 5.75 Å². The minimum Gasteiger partial charge on any atom is -0.455 e. The third-order valence-corrected chi connectivity index (χ3v) is 5.29. The van der Waals surface area contributed by atoms with Crippen molar-refractivity contribution >= 4 is 29.4 Å². The van der Waals surface area contributed by atoms with E-state index < -0.39 is 0 Å². The quantitative estimate of drug-likeness (QED) is 0.624. The molecule has 0 unspecified atom stereocenters. The summed E-state index contributed by atoms with van der Waals surface area (Å²) in [6, 6.07) is 5.58. The molecule has 0 aliphatic carbocycles. The molecular weight excluding hydrogens is 330 g/mol. The van der Waals surface area contributed by atoms with Gasteiger partial charge in [-0.1, -0.05) is 11.8 Å². The molecule has 0 saturated carbocycles. The molecule has 1 fully saturated rings. The summed E-state index contributed by atoms with van der Waals surface area (Å²) in [4.78, 5) is 23.0. The predicted molar refractivity (Wildman–Crippen MR) is 93.0 cm³/mol. The van der Waals surface area contributed by atoms with Crippen LogP contribution in [0.15, 0.2) is 27.8 Å². The molecule has 0 spiro atoms. The van der Waals surface area contributed by atoms with Crippen molar-refractivity contribution in [2.45, 2.75) is 24.8 Å². The van der Waals surface area contributed by atoms with Crippen molar-refractivity contribution in [3.63, 3.8) is 0 Å². The van der Waals surface area contributed by atoms with E-state index >= 15 is 0 Å². The Balaban J connectivity index is 1.61. The molecule has 3 heterocycles. The lowest BCUT2D eigenvalue weighted by atomic mass is 10.3. The number of hydrogen-bond acceptors (Lipinski definition) is 6. The number of furan rings is 1. The highest BCUT2D eigenvalue weighted by molar-refractivity contribution is 7.99. The molecule has 2 aromatic rings. The first kappa shape index (κ1) is 16.4. The first-order valence-corrected chi connectivity index (χ1v) is 9.66. The zero-order valence-electron chi connectivity index (χ0n) is 13.2. The lowest BCUT2D eigenvalue weighted by molar-refractivity contribution is 0.0739. The molecule has 0 atom stereocenters. The maximum absolute atomic E-state index is 12.4. The molecule has 1 aliphatic rings. The monoisotopic (exact) mass is 349 g/mol. The first-order chi connectivity index (χ1) is 11.1. The number of carbonyl (C=O) groups is 1. The summed E-state index contributed by atoms with van der Waals surface area (Å²) in [6.07, 6.45) is 0. The third-order valence-electron chi connectivity index (χ3n) is 3.48. The van der Waals surface area contributed by atoms with Gasteiger partial charge in [0.05, 0.1) is 5.75 Å². The number of hydrogen-bond donors (Lipinski definition) is 0. The molecule has 0 bridgehead atoms. The number of thioether (sulfide) groups is 2. The van der Waals surface area contributed by atoms with Crippen LogP contribution in [0.1, 0.15) is 27.7 Å². The van der Waals surface area contributed by atoms with Crippen molar-refractivity contribution in [3.05, 3.63) is 41.1 Å². The molecule has 1 aliphatic heterocycles. The number of amides is 1. The van der Waals surface area contributed by atoms with Gasteiger partial charge in [-0.15, -0.1) is 0 Å². The lowest BCUT2D eigenvalue weighted by Gasteiger charge is -2.25. The molecule has 7 heteroatoms.